The molecule has 6 nitrogen and oxygen atoms in total. The van der Waals surface area contributed by atoms with Gasteiger partial charge >= 0.3 is 6.03 Å². The van der Waals surface area contributed by atoms with Crippen LogP contribution in [0, 0.1) is 6.92 Å². The average molecular weight is 356 g/mol. The molecule has 0 bridgehead atoms. The van der Waals surface area contributed by atoms with E-state index in [0.29, 0.717) is 13.1 Å². The lowest BCUT2D eigenvalue weighted by atomic mass is 10.0. The van der Waals surface area contributed by atoms with Crippen LogP contribution in [0.2, 0.25) is 0 Å². The maximum Gasteiger partial charge on any atom is 0.317 e. The zero-order chi connectivity index (χ0) is 18.4. The maximum absolute atomic E-state index is 12.5. The largest absolute Gasteiger partial charge is 0.464 e. The summed E-state index contributed by atoms with van der Waals surface area (Å²) in [4.78, 5) is 20.9. The Morgan fingerprint density at radius 1 is 1.31 bits per heavy atom. The van der Waals surface area contributed by atoms with Crippen molar-refractivity contribution < 1.29 is 9.21 Å². The van der Waals surface area contributed by atoms with E-state index in [1.807, 2.05) is 31.3 Å². The van der Waals surface area contributed by atoms with Crippen LogP contribution in [-0.4, -0.2) is 47.5 Å². The molecule has 2 aromatic heterocycles. The van der Waals surface area contributed by atoms with E-state index < -0.39 is 0 Å². The summed E-state index contributed by atoms with van der Waals surface area (Å²) in [6.45, 7) is 5.07. The van der Waals surface area contributed by atoms with Crippen molar-refractivity contribution in [2.24, 2.45) is 0 Å². The van der Waals surface area contributed by atoms with Crippen molar-refractivity contribution >= 4 is 6.03 Å². The number of nitrogens with zero attached hydrogens (tertiary/aromatic N) is 3. The molecule has 1 atom stereocenters. The SMILES string of the molecule is Cc1ccc(CN(C)C(=O)NC[C@H](c2cccnc2)N2CCCCC2)o1. The molecule has 6 heteroatoms. The second kappa shape index (κ2) is 8.85. The van der Waals surface area contributed by atoms with Crippen LogP contribution < -0.4 is 5.32 Å². The normalized spacial score (nSPS) is 16.2. The third kappa shape index (κ3) is 4.85. The van der Waals surface area contributed by atoms with E-state index in [1.165, 1.54) is 19.3 Å². The summed E-state index contributed by atoms with van der Waals surface area (Å²) in [5.74, 6) is 1.65. The summed E-state index contributed by atoms with van der Waals surface area (Å²) in [6.07, 6.45) is 7.40. The summed E-state index contributed by atoms with van der Waals surface area (Å²) < 4.78 is 5.56. The zero-order valence-electron chi connectivity index (χ0n) is 15.6. The first-order valence-electron chi connectivity index (χ1n) is 9.32. The lowest BCUT2D eigenvalue weighted by Gasteiger charge is -2.35. The van der Waals surface area contributed by atoms with E-state index >= 15 is 0 Å². The van der Waals surface area contributed by atoms with Crippen LogP contribution in [0.4, 0.5) is 4.79 Å². The highest BCUT2D eigenvalue weighted by atomic mass is 16.3. The van der Waals surface area contributed by atoms with E-state index in [-0.39, 0.29) is 12.1 Å². The Balaban J connectivity index is 1.60. The molecule has 1 aliphatic heterocycles. The lowest BCUT2D eigenvalue weighted by Crippen LogP contribution is -2.44. The molecule has 2 aromatic rings. The molecule has 0 aromatic carbocycles. The molecule has 0 saturated carbocycles. The fourth-order valence-electron chi connectivity index (χ4n) is 3.46. The van der Waals surface area contributed by atoms with Crippen LogP contribution in [0.3, 0.4) is 0 Å². The maximum atomic E-state index is 12.5. The summed E-state index contributed by atoms with van der Waals surface area (Å²) in [7, 11) is 1.78. The van der Waals surface area contributed by atoms with Gasteiger partial charge in [-0.1, -0.05) is 12.5 Å². The highest BCUT2D eigenvalue weighted by Gasteiger charge is 2.23. The number of pyridine rings is 1. The van der Waals surface area contributed by atoms with Crippen molar-refractivity contribution in [3.05, 3.63) is 53.7 Å². The zero-order valence-corrected chi connectivity index (χ0v) is 15.6. The summed E-state index contributed by atoms with van der Waals surface area (Å²) in [5, 5.41) is 3.08. The predicted molar refractivity (Wildman–Crippen MR) is 101 cm³/mol. The number of amides is 2. The fourth-order valence-corrected chi connectivity index (χ4v) is 3.46. The number of hydrogen-bond donors (Lipinski definition) is 1. The number of aryl methyl sites for hydroxylation is 1. The Hall–Kier alpha value is -2.34. The number of rotatable bonds is 6. The molecule has 1 saturated heterocycles. The third-order valence-corrected chi connectivity index (χ3v) is 4.88. The van der Waals surface area contributed by atoms with Gasteiger partial charge < -0.3 is 14.6 Å². The van der Waals surface area contributed by atoms with Gasteiger partial charge in [-0.3, -0.25) is 9.88 Å². The van der Waals surface area contributed by atoms with Crippen molar-refractivity contribution in [2.75, 3.05) is 26.7 Å². The van der Waals surface area contributed by atoms with Gasteiger partial charge in [0.25, 0.3) is 0 Å². The summed E-state index contributed by atoms with van der Waals surface area (Å²) in [6, 6.07) is 7.94. The van der Waals surface area contributed by atoms with Gasteiger partial charge in [-0.15, -0.1) is 0 Å². The average Bonchev–Trinajstić information content (AvgIpc) is 3.08. The quantitative estimate of drug-likeness (QED) is 0.862. The molecule has 2 amide bonds. The molecule has 3 heterocycles. The number of carbonyl (C=O) groups excluding carboxylic acids is 1. The van der Waals surface area contributed by atoms with Crippen molar-refractivity contribution in [3.63, 3.8) is 0 Å². The minimum absolute atomic E-state index is 0.0926. The second-order valence-corrected chi connectivity index (χ2v) is 6.95. The molecule has 0 aliphatic carbocycles. The van der Waals surface area contributed by atoms with E-state index in [4.69, 9.17) is 4.42 Å². The third-order valence-electron chi connectivity index (χ3n) is 4.88. The monoisotopic (exact) mass is 356 g/mol. The molecule has 1 N–H and O–H groups in total. The number of furan rings is 1. The molecule has 3 rings (SSSR count). The van der Waals surface area contributed by atoms with Crippen molar-refractivity contribution in [1.82, 2.24) is 20.1 Å². The number of urea groups is 1. The predicted octanol–water partition coefficient (Wildman–Crippen LogP) is 3.35. The molecule has 140 valence electrons. The van der Waals surface area contributed by atoms with Gasteiger partial charge in [0.15, 0.2) is 0 Å². The standard InChI is InChI=1S/C20H28N4O2/c1-16-8-9-18(26-16)15-23(2)20(25)22-14-19(17-7-6-10-21-13-17)24-11-4-3-5-12-24/h6-10,13,19H,3-5,11-12,14-15H2,1-2H3,(H,22,25)/t19-/m1/s1. The number of piperidine rings is 1. The number of aromatic nitrogens is 1. The highest BCUT2D eigenvalue weighted by molar-refractivity contribution is 5.73. The minimum Gasteiger partial charge on any atom is -0.464 e. The second-order valence-electron chi connectivity index (χ2n) is 6.95. The number of carbonyl (C=O) groups is 1. The first-order valence-corrected chi connectivity index (χ1v) is 9.32. The Bertz CT molecular complexity index is 695. The molecule has 0 spiro atoms. The van der Waals surface area contributed by atoms with E-state index in [9.17, 15) is 4.79 Å². The van der Waals surface area contributed by atoms with Crippen molar-refractivity contribution in [3.8, 4) is 0 Å². The Labute approximate surface area is 155 Å². The van der Waals surface area contributed by atoms with Crippen LogP contribution in [0.15, 0.2) is 41.1 Å². The van der Waals surface area contributed by atoms with Gasteiger partial charge in [-0.05, 0) is 56.6 Å². The topological polar surface area (TPSA) is 61.6 Å². The van der Waals surface area contributed by atoms with Gasteiger partial charge in [-0.2, -0.15) is 0 Å². The van der Waals surface area contributed by atoms with Gasteiger partial charge in [0, 0.05) is 26.0 Å². The number of likely N-dealkylation sites (tertiary alicyclic amines) is 1. The molecule has 1 fully saturated rings. The first kappa shape index (κ1) is 18.5. The summed E-state index contributed by atoms with van der Waals surface area (Å²) >= 11 is 0. The molecular formula is C20H28N4O2. The smallest absolute Gasteiger partial charge is 0.317 e. The van der Waals surface area contributed by atoms with E-state index in [0.717, 1.165) is 30.2 Å². The van der Waals surface area contributed by atoms with Crippen LogP contribution in [-0.2, 0) is 6.54 Å². The Kier molecular flexibility index (Phi) is 6.28. The Morgan fingerprint density at radius 3 is 2.77 bits per heavy atom. The fraction of sp³-hybridized carbons (Fsp3) is 0.500. The van der Waals surface area contributed by atoms with E-state index in [1.54, 1.807) is 18.1 Å². The molecule has 0 unspecified atom stereocenters. The van der Waals surface area contributed by atoms with Crippen molar-refractivity contribution in [2.45, 2.75) is 38.8 Å². The van der Waals surface area contributed by atoms with Crippen LogP contribution >= 0.6 is 0 Å². The van der Waals surface area contributed by atoms with Gasteiger partial charge in [0.1, 0.15) is 11.5 Å². The van der Waals surface area contributed by atoms with Crippen molar-refractivity contribution in [1.29, 1.82) is 0 Å². The number of hydrogen-bond acceptors (Lipinski definition) is 4. The van der Waals surface area contributed by atoms with Crippen LogP contribution in [0.5, 0.6) is 0 Å². The summed E-state index contributed by atoms with van der Waals surface area (Å²) in [5.41, 5.74) is 1.15. The van der Waals surface area contributed by atoms with Crippen LogP contribution in [0.25, 0.3) is 0 Å². The molecule has 26 heavy (non-hydrogen) atoms. The molecule has 1 aliphatic rings. The molecule has 0 radical (unpaired) electrons. The van der Waals surface area contributed by atoms with Gasteiger partial charge in [0.05, 0.1) is 12.6 Å². The lowest BCUT2D eigenvalue weighted by molar-refractivity contribution is 0.155. The van der Waals surface area contributed by atoms with Crippen LogP contribution in [0.1, 0.15) is 42.4 Å². The first-order chi connectivity index (χ1) is 12.6. The van der Waals surface area contributed by atoms with Gasteiger partial charge in [-0.25, -0.2) is 4.79 Å². The van der Waals surface area contributed by atoms with E-state index in [2.05, 4.69) is 21.3 Å². The van der Waals surface area contributed by atoms with Gasteiger partial charge in [0.2, 0.25) is 0 Å². The Morgan fingerprint density at radius 2 is 2.12 bits per heavy atom. The highest BCUT2D eigenvalue weighted by Crippen LogP contribution is 2.23. The minimum atomic E-state index is -0.0926. The number of nitrogens with one attached hydrogen (secondary N) is 1. The molecular weight excluding hydrogens is 328 g/mol.